The summed E-state index contributed by atoms with van der Waals surface area (Å²) < 4.78 is 107. The fourth-order valence-corrected chi connectivity index (χ4v) is 2.76. The highest BCUT2D eigenvalue weighted by Gasteiger charge is 2.63. The first-order valence-corrected chi connectivity index (χ1v) is 7.95. The molecule has 156 valence electrons. The van der Waals surface area contributed by atoms with Crippen LogP contribution in [-0.4, -0.2) is 31.0 Å². The molecule has 2 atom stereocenters. The van der Waals surface area contributed by atoms with E-state index in [1.54, 1.807) is 0 Å². The van der Waals surface area contributed by atoms with Gasteiger partial charge in [-0.3, -0.25) is 0 Å². The Bertz CT molecular complexity index is 803. The van der Waals surface area contributed by atoms with Gasteiger partial charge >= 0.3 is 18.8 Å². The molecule has 1 aliphatic rings. The van der Waals surface area contributed by atoms with Gasteiger partial charge in [-0.15, -0.1) is 0 Å². The summed E-state index contributed by atoms with van der Waals surface area (Å²) >= 11 is 0. The minimum Gasteiger partial charge on any atom is -0.470 e. The fraction of sp³-hybridized carbons (Fsp3) is 0.471. The molecule has 1 aromatic rings. The molecule has 11 heteroatoms. The molecule has 0 radical (unpaired) electrons. The molecule has 0 amide bonds. The van der Waals surface area contributed by atoms with Crippen LogP contribution in [0.5, 0.6) is 5.75 Å². The van der Waals surface area contributed by atoms with Crippen LogP contribution in [0.3, 0.4) is 0 Å². The zero-order valence-electron chi connectivity index (χ0n) is 14.8. The Kier molecular flexibility index (Phi) is 5.86. The van der Waals surface area contributed by atoms with Gasteiger partial charge in [-0.2, -0.15) is 26.3 Å². The molecule has 0 bridgehead atoms. The number of alkyl halides is 5. The van der Waals surface area contributed by atoms with E-state index >= 15 is 0 Å². The third kappa shape index (κ3) is 3.61. The molecule has 0 N–H and O–H groups in total. The van der Waals surface area contributed by atoms with Gasteiger partial charge in [0.25, 0.3) is 0 Å². The quantitative estimate of drug-likeness (QED) is 0.510. The molecular formula is C17H15F7O4. The van der Waals surface area contributed by atoms with E-state index in [9.17, 15) is 35.5 Å². The van der Waals surface area contributed by atoms with Crippen molar-refractivity contribution in [1.82, 2.24) is 0 Å². The van der Waals surface area contributed by atoms with Crippen LogP contribution in [0, 0.1) is 17.6 Å². The Labute approximate surface area is 154 Å². The van der Waals surface area contributed by atoms with Crippen LogP contribution in [0.2, 0.25) is 0 Å². The van der Waals surface area contributed by atoms with E-state index in [1.165, 1.54) is 6.92 Å². The van der Waals surface area contributed by atoms with E-state index in [0.29, 0.717) is 13.0 Å². The van der Waals surface area contributed by atoms with Crippen LogP contribution >= 0.6 is 0 Å². The number of esters is 1. The van der Waals surface area contributed by atoms with Gasteiger partial charge in [0.05, 0.1) is 6.61 Å². The third-order valence-electron chi connectivity index (χ3n) is 4.39. The molecule has 2 unspecified atom stereocenters. The molecule has 2 rings (SSSR count). The lowest BCUT2D eigenvalue weighted by Gasteiger charge is -2.32. The van der Waals surface area contributed by atoms with Crippen LogP contribution in [-0.2, 0) is 14.3 Å². The van der Waals surface area contributed by atoms with Crippen molar-refractivity contribution in [3.63, 3.8) is 0 Å². The molecule has 0 saturated carbocycles. The van der Waals surface area contributed by atoms with Crippen molar-refractivity contribution in [2.45, 2.75) is 39.2 Å². The summed E-state index contributed by atoms with van der Waals surface area (Å²) in [5, 5.41) is 0. The van der Waals surface area contributed by atoms with E-state index < -0.39 is 64.6 Å². The first-order chi connectivity index (χ1) is 12.8. The van der Waals surface area contributed by atoms with Crippen molar-refractivity contribution in [1.29, 1.82) is 0 Å². The van der Waals surface area contributed by atoms with E-state index in [0.717, 1.165) is 13.0 Å². The van der Waals surface area contributed by atoms with Crippen LogP contribution < -0.4 is 4.74 Å². The number of hydrogen-bond acceptors (Lipinski definition) is 4. The Balaban J connectivity index is 2.65. The highest BCUT2D eigenvalue weighted by molar-refractivity contribution is 5.97. The molecule has 0 spiro atoms. The standard InChI is InChI=1S/C17H15F7O4/c1-4-26-14(25)13-10(7(2)16(3,28-13)17(22,23)24)8-5-6-9(27-15(20)21)12(19)11(8)18/h5-7,15H,4H2,1-3H3. The Morgan fingerprint density at radius 2 is 1.86 bits per heavy atom. The first kappa shape index (κ1) is 21.8. The zero-order chi connectivity index (χ0) is 21.4. The molecule has 1 aliphatic heterocycles. The van der Waals surface area contributed by atoms with E-state index in [4.69, 9.17) is 4.74 Å². The largest absolute Gasteiger partial charge is 0.470 e. The maximum atomic E-state index is 14.5. The number of ether oxygens (including phenoxy) is 3. The summed E-state index contributed by atoms with van der Waals surface area (Å²) in [6.07, 6.45) is -4.97. The summed E-state index contributed by atoms with van der Waals surface area (Å²) in [7, 11) is 0. The number of carbonyl (C=O) groups is 1. The first-order valence-electron chi connectivity index (χ1n) is 7.95. The van der Waals surface area contributed by atoms with Gasteiger partial charge in [-0.05, 0) is 26.0 Å². The molecule has 1 heterocycles. The molecular weight excluding hydrogens is 401 g/mol. The number of rotatable bonds is 5. The Morgan fingerprint density at radius 1 is 1.25 bits per heavy atom. The second-order valence-corrected chi connectivity index (χ2v) is 6.01. The van der Waals surface area contributed by atoms with Crippen molar-refractivity contribution >= 4 is 11.5 Å². The Morgan fingerprint density at radius 3 is 2.36 bits per heavy atom. The van der Waals surface area contributed by atoms with Gasteiger partial charge in [0.2, 0.25) is 17.2 Å². The van der Waals surface area contributed by atoms with Gasteiger partial charge in [-0.1, -0.05) is 6.92 Å². The summed E-state index contributed by atoms with van der Waals surface area (Å²) in [5.41, 5.74) is -4.29. The number of benzene rings is 1. The predicted octanol–water partition coefficient (Wildman–Crippen LogP) is 4.83. The van der Waals surface area contributed by atoms with Crippen molar-refractivity contribution in [2.24, 2.45) is 5.92 Å². The number of carbonyl (C=O) groups excluding carboxylic acids is 1. The van der Waals surface area contributed by atoms with Gasteiger partial charge in [0, 0.05) is 17.1 Å². The Hall–Kier alpha value is -2.46. The molecule has 0 aliphatic carbocycles. The normalized spacial score (nSPS) is 22.5. The van der Waals surface area contributed by atoms with Crippen molar-refractivity contribution in [3.8, 4) is 5.75 Å². The number of halogens is 7. The zero-order valence-corrected chi connectivity index (χ0v) is 14.8. The second-order valence-electron chi connectivity index (χ2n) is 6.01. The summed E-state index contributed by atoms with van der Waals surface area (Å²) in [6.45, 7) is -0.622. The average molecular weight is 416 g/mol. The average Bonchev–Trinajstić information content (AvgIpc) is 2.85. The topological polar surface area (TPSA) is 44.8 Å². The van der Waals surface area contributed by atoms with Crippen molar-refractivity contribution in [3.05, 3.63) is 35.1 Å². The highest BCUT2D eigenvalue weighted by atomic mass is 19.4. The lowest BCUT2D eigenvalue weighted by Crippen LogP contribution is -2.47. The van der Waals surface area contributed by atoms with Crippen LogP contribution in [0.25, 0.3) is 5.57 Å². The van der Waals surface area contributed by atoms with E-state index in [2.05, 4.69) is 9.47 Å². The third-order valence-corrected chi connectivity index (χ3v) is 4.39. The fourth-order valence-electron chi connectivity index (χ4n) is 2.76. The molecule has 0 aromatic heterocycles. The molecule has 28 heavy (non-hydrogen) atoms. The van der Waals surface area contributed by atoms with Gasteiger partial charge in [0.15, 0.2) is 11.6 Å². The minimum atomic E-state index is -4.97. The summed E-state index contributed by atoms with van der Waals surface area (Å²) in [6, 6.07) is 1.35. The van der Waals surface area contributed by atoms with Crippen LogP contribution in [0.1, 0.15) is 26.3 Å². The van der Waals surface area contributed by atoms with Gasteiger partial charge in [-0.25, -0.2) is 9.18 Å². The number of hydrogen-bond donors (Lipinski definition) is 0. The maximum absolute atomic E-state index is 14.5. The van der Waals surface area contributed by atoms with Crippen molar-refractivity contribution in [2.75, 3.05) is 6.61 Å². The second kappa shape index (κ2) is 7.51. The van der Waals surface area contributed by atoms with Gasteiger partial charge < -0.3 is 14.2 Å². The summed E-state index contributed by atoms with van der Waals surface area (Å²) in [5.74, 6) is -8.64. The van der Waals surface area contributed by atoms with Gasteiger partial charge in [0.1, 0.15) is 0 Å². The van der Waals surface area contributed by atoms with Crippen molar-refractivity contribution < 1.29 is 49.7 Å². The summed E-state index contributed by atoms with van der Waals surface area (Å²) in [4.78, 5) is 12.1. The molecule has 0 saturated heterocycles. The monoisotopic (exact) mass is 416 g/mol. The lowest BCUT2D eigenvalue weighted by atomic mass is 9.82. The molecule has 0 fully saturated rings. The molecule has 1 aromatic carbocycles. The maximum Gasteiger partial charge on any atom is 0.428 e. The SMILES string of the molecule is CCOC(=O)C1=C(c2ccc(OC(F)F)c(F)c2F)C(C)C(C)(C(F)(F)F)O1. The minimum absolute atomic E-state index is 0.214. The highest BCUT2D eigenvalue weighted by Crippen LogP contribution is 2.52. The molecule has 4 nitrogen and oxygen atoms in total. The lowest BCUT2D eigenvalue weighted by molar-refractivity contribution is -0.262. The van der Waals surface area contributed by atoms with E-state index in [-0.39, 0.29) is 6.61 Å². The van der Waals surface area contributed by atoms with Crippen LogP contribution in [0.4, 0.5) is 30.7 Å². The predicted molar refractivity (Wildman–Crippen MR) is 81.3 cm³/mol. The smallest absolute Gasteiger partial charge is 0.428 e. The van der Waals surface area contributed by atoms with Crippen LogP contribution in [0.15, 0.2) is 17.9 Å². The van der Waals surface area contributed by atoms with E-state index in [1.807, 2.05) is 0 Å².